The molecule has 2 heterocycles. The van der Waals surface area contributed by atoms with Gasteiger partial charge in [0.25, 0.3) is 0 Å². The maximum atomic E-state index is 4.08. The second kappa shape index (κ2) is 3.41. The van der Waals surface area contributed by atoms with Crippen molar-refractivity contribution in [1.82, 2.24) is 25.5 Å². The standard InChI is InChI=1S/C8H15N5/c1-6(2)13-8(10-11-12-13)7-3-4-9-5-7/h6-7,9H,3-5H2,1-2H3/t7-/m1/s1. The van der Waals surface area contributed by atoms with Crippen LogP contribution in [0.4, 0.5) is 0 Å². The van der Waals surface area contributed by atoms with E-state index in [4.69, 9.17) is 0 Å². The van der Waals surface area contributed by atoms with Crippen LogP contribution >= 0.6 is 0 Å². The Balaban J connectivity index is 2.23. The molecule has 1 aliphatic rings. The molecule has 1 fully saturated rings. The second-order valence-electron chi connectivity index (χ2n) is 3.77. The van der Waals surface area contributed by atoms with Crippen molar-refractivity contribution in [2.45, 2.75) is 32.2 Å². The third-order valence-electron chi connectivity index (χ3n) is 2.43. The average molecular weight is 181 g/mol. The lowest BCUT2D eigenvalue weighted by molar-refractivity contribution is 0.476. The molecule has 1 aliphatic heterocycles. The average Bonchev–Trinajstić information content (AvgIpc) is 2.74. The highest BCUT2D eigenvalue weighted by molar-refractivity contribution is 4.99. The molecule has 0 aromatic carbocycles. The molecule has 0 radical (unpaired) electrons. The molecule has 0 unspecified atom stereocenters. The number of nitrogens with one attached hydrogen (secondary N) is 1. The van der Waals surface area contributed by atoms with Gasteiger partial charge in [0.2, 0.25) is 0 Å². The summed E-state index contributed by atoms with van der Waals surface area (Å²) in [5.41, 5.74) is 0. The molecule has 0 aliphatic carbocycles. The van der Waals surface area contributed by atoms with Crippen molar-refractivity contribution in [2.75, 3.05) is 13.1 Å². The molecule has 1 aromatic heterocycles. The number of rotatable bonds is 2. The minimum absolute atomic E-state index is 0.352. The molecule has 1 aromatic rings. The second-order valence-corrected chi connectivity index (χ2v) is 3.77. The molecule has 1 N–H and O–H groups in total. The molecule has 0 amide bonds. The Morgan fingerprint density at radius 2 is 2.38 bits per heavy atom. The lowest BCUT2D eigenvalue weighted by Crippen LogP contribution is -2.14. The summed E-state index contributed by atoms with van der Waals surface area (Å²) < 4.78 is 1.91. The Hall–Kier alpha value is -0.970. The molecule has 0 bridgehead atoms. The fraction of sp³-hybridized carbons (Fsp3) is 0.875. The van der Waals surface area contributed by atoms with E-state index >= 15 is 0 Å². The lowest BCUT2D eigenvalue weighted by Gasteiger charge is -2.11. The number of aromatic nitrogens is 4. The zero-order valence-corrected chi connectivity index (χ0v) is 8.06. The Labute approximate surface area is 77.5 Å². The van der Waals surface area contributed by atoms with Crippen molar-refractivity contribution < 1.29 is 0 Å². The first kappa shape index (κ1) is 8.62. The van der Waals surface area contributed by atoms with Gasteiger partial charge in [0.05, 0.1) is 6.04 Å². The first-order valence-electron chi connectivity index (χ1n) is 4.77. The summed E-state index contributed by atoms with van der Waals surface area (Å²) in [5, 5.41) is 15.1. The van der Waals surface area contributed by atoms with Gasteiger partial charge in [0.15, 0.2) is 5.82 Å². The van der Waals surface area contributed by atoms with E-state index in [1.54, 1.807) is 0 Å². The highest BCUT2D eigenvalue weighted by Gasteiger charge is 2.23. The van der Waals surface area contributed by atoms with E-state index in [2.05, 4.69) is 34.7 Å². The predicted molar refractivity (Wildman–Crippen MR) is 48.4 cm³/mol. The van der Waals surface area contributed by atoms with Crippen LogP contribution in [-0.4, -0.2) is 33.3 Å². The van der Waals surface area contributed by atoms with E-state index in [1.165, 1.54) is 0 Å². The monoisotopic (exact) mass is 181 g/mol. The van der Waals surface area contributed by atoms with E-state index in [9.17, 15) is 0 Å². The van der Waals surface area contributed by atoms with E-state index in [-0.39, 0.29) is 0 Å². The smallest absolute Gasteiger partial charge is 0.155 e. The number of tetrazole rings is 1. The Kier molecular flexibility index (Phi) is 2.26. The highest BCUT2D eigenvalue weighted by Crippen LogP contribution is 2.21. The molecule has 0 spiro atoms. The molecule has 0 saturated carbocycles. The zero-order valence-electron chi connectivity index (χ0n) is 8.06. The van der Waals surface area contributed by atoms with Crippen LogP contribution in [0.5, 0.6) is 0 Å². The van der Waals surface area contributed by atoms with E-state index < -0.39 is 0 Å². The van der Waals surface area contributed by atoms with Gasteiger partial charge < -0.3 is 5.32 Å². The summed E-state index contributed by atoms with van der Waals surface area (Å²) in [7, 11) is 0. The van der Waals surface area contributed by atoms with Crippen LogP contribution in [0.15, 0.2) is 0 Å². The van der Waals surface area contributed by atoms with Crippen LogP contribution in [-0.2, 0) is 0 Å². The molecular formula is C8H15N5. The lowest BCUT2D eigenvalue weighted by atomic mass is 10.1. The summed E-state index contributed by atoms with van der Waals surface area (Å²) in [5.74, 6) is 1.53. The van der Waals surface area contributed by atoms with Gasteiger partial charge in [-0.2, -0.15) is 0 Å². The van der Waals surface area contributed by atoms with Crippen LogP contribution in [0.25, 0.3) is 0 Å². The minimum atomic E-state index is 0.352. The van der Waals surface area contributed by atoms with Gasteiger partial charge in [-0.1, -0.05) is 0 Å². The first-order valence-corrected chi connectivity index (χ1v) is 4.77. The number of hydrogen-bond acceptors (Lipinski definition) is 4. The largest absolute Gasteiger partial charge is 0.316 e. The Morgan fingerprint density at radius 3 is 3.00 bits per heavy atom. The Bertz CT molecular complexity index is 274. The predicted octanol–water partition coefficient (Wildman–Crippen LogP) is 0.331. The van der Waals surface area contributed by atoms with Gasteiger partial charge in [-0.25, -0.2) is 4.68 Å². The topological polar surface area (TPSA) is 55.6 Å². The van der Waals surface area contributed by atoms with Crippen molar-refractivity contribution in [1.29, 1.82) is 0 Å². The summed E-state index contributed by atoms with van der Waals surface area (Å²) in [6.45, 7) is 6.28. The van der Waals surface area contributed by atoms with E-state index in [1.807, 2.05) is 4.68 Å². The normalized spacial score (nSPS) is 22.8. The molecule has 1 atom stereocenters. The van der Waals surface area contributed by atoms with Gasteiger partial charge in [0.1, 0.15) is 0 Å². The first-order chi connectivity index (χ1) is 6.29. The van der Waals surface area contributed by atoms with Gasteiger partial charge in [-0.15, -0.1) is 5.10 Å². The summed E-state index contributed by atoms with van der Waals surface area (Å²) >= 11 is 0. The van der Waals surface area contributed by atoms with Crippen LogP contribution in [0.3, 0.4) is 0 Å². The SMILES string of the molecule is CC(C)n1nnnc1[C@@H]1CCNC1. The molecular weight excluding hydrogens is 166 g/mol. The van der Waals surface area contributed by atoms with Crippen LogP contribution in [0.1, 0.15) is 38.1 Å². The van der Waals surface area contributed by atoms with Crippen molar-refractivity contribution in [3.8, 4) is 0 Å². The van der Waals surface area contributed by atoms with Crippen LogP contribution in [0.2, 0.25) is 0 Å². The fourth-order valence-corrected chi connectivity index (χ4v) is 1.71. The van der Waals surface area contributed by atoms with Crippen molar-refractivity contribution in [3.63, 3.8) is 0 Å². The molecule has 2 rings (SSSR count). The van der Waals surface area contributed by atoms with Gasteiger partial charge in [-0.05, 0) is 37.2 Å². The van der Waals surface area contributed by atoms with Gasteiger partial charge in [-0.3, -0.25) is 0 Å². The molecule has 13 heavy (non-hydrogen) atoms. The zero-order chi connectivity index (χ0) is 9.26. The number of hydrogen-bond donors (Lipinski definition) is 1. The molecule has 5 nitrogen and oxygen atoms in total. The molecule has 72 valence electrons. The summed E-state index contributed by atoms with van der Waals surface area (Å²) in [4.78, 5) is 0. The fourth-order valence-electron chi connectivity index (χ4n) is 1.71. The number of nitrogens with zero attached hydrogens (tertiary/aromatic N) is 4. The molecule has 5 heteroatoms. The van der Waals surface area contributed by atoms with Crippen LogP contribution in [0, 0.1) is 0 Å². The summed E-state index contributed by atoms with van der Waals surface area (Å²) in [6.07, 6.45) is 1.15. The minimum Gasteiger partial charge on any atom is -0.316 e. The quantitative estimate of drug-likeness (QED) is 0.714. The maximum Gasteiger partial charge on any atom is 0.155 e. The van der Waals surface area contributed by atoms with E-state index in [0.717, 1.165) is 25.3 Å². The van der Waals surface area contributed by atoms with E-state index in [0.29, 0.717) is 12.0 Å². The molecule has 1 saturated heterocycles. The van der Waals surface area contributed by atoms with Crippen molar-refractivity contribution >= 4 is 0 Å². The highest BCUT2D eigenvalue weighted by atomic mass is 15.5. The Morgan fingerprint density at radius 1 is 1.54 bits per heavy atom. The van der Waals surface area contributed by atoms with Crippen LogP contribution < -0.4 is 5.32 Å². The van der Waals surface area contributed by atoms with Crippen molar-refractivity contribution in [2.24, 2.45) is 0 Å². The summed E-state index contributed by atoms with van der Waals surface area (Å²) in [6, 6.07) is 0.352. The third kappa shape index (κ3) is 1.56. The maximum absolute atomic E-state index is 4.08. The van der Waals surface area contributed by atoms with Crippen molar-refractivity contribution in [3.05, 3.63) is 5.82 Å². The van der Waals surface area contributed by atoms with Gasteiger partial charge >= 0.3 is 0 Å². The van der Waals surface area contributed by atoms with Gasteiger partial charge in [0, 0.05) is 12.5 Å². The third-order valence-corrected chi connectivity index (χ3v) is 2.43.